The average Bonchev–Trinajstić information content (AvgIpc) is 3.41. The van der Waals surface area contributed by atoms with Gasteiger partial charge >= 0.3 is 5.97 Å². The highest BCUT2D eigenvalue weighted by Crippen LogP contribution is 2.76. The molecule has 250 valence electrons. The van der Waals surface area contributed by atoms with Crippen LogP contribution < -0.4 is 5.32 Å². The Labute approximate surface area is 265 Å². The number of amides is 1. The van der Waals surface area contributed by atoms with Crippen LogP contribution in [0.5, 0.6) is 0 Å². The van der Waals surface area contributed by atoms with Crippen molar-refractivity contribution in [2.75, 3.05) is 13.7 Å². The maximum atomic E-state index is 13.9. The maximum absolute atomic E-state index is 13.9. The SMILES string of the molecule is CC1CCCC2(C)C1CCC1(C)C2CCC2C3CCCC3(C(=O)NCCCCCCCC(=O)O)CC[C@]21C.CCC.CO. The van der Waals surface area contributed by atoms with Crippen molar-refractivity contribution in [3.05, 3.63) is 0 Å². The molecule has 5 aliphatic carbocycles. The molecule has 0 radical (unpaired) electrons. The standard InChI is InChI=1S/C34H57NO3.C3H8.CH4O/c1-24-12-10-18-31(2)25(24)17-20-33(4)28(31)16-15-26-27-13-11-19-34(27,22-21-32(26,33)3)30(38)35-23-9-7-5-6-8-14-29(36)37;1-3-2;1-2/h24-28H,5-23H2,1-4H3,(H,35,38)(H,36,37);3H2,1-2H3;2H,1H3/t24?,25?,26?,27?,28?,31?,32-,33?,34?;;/m1../s1. The third-order valence-corrected chi connectivity index (χ3v) is 14.1. The molecule has 9 atom stereocenters. The third kappa shape index (κ3) is 6.87. The van der Waals surface area contributed by atoms with Gasteiger partial charge in [-0.1, -0.05) is 86.5 Å². The Morgan fingerprint density at radius 3 is 2.07 bits per heavy atom. The lowest BCUT2D eigenvalue weighted by molar-refractivity contribution is -0.225. The summed E-state index contributed by atoms with van der Waals surface area (Å²) in [4.78, 5) is 24.5. The normalized spacial score (nSPS) is 41.1. The van der Waals surface area contributed by atoms with E-state index in [1.807, 2.05) is 0 Å². The van der Waals surface area contributed by atoms with E-state index in [2.05, 4.69) is 46.9 Å². The Bertz CT molecular complexity index is 906. The van der Waals surface area contributed by atoms with Gasteiger partial charge in [0.05, 0.1) is 5.41 Å². The first-order chi connectivity index (χ1) is 20.5. The minimum absolute atomic E-state index is 0.116. The zero-order valence-corrected chi connectivity index (χ0v) is 29.2. The monoisotopic (exact) mass is 604 g/mol. The fourth-order valence-corrected chi connectivity index (χ4v) is 12.0. The van der Waals surface area contributed by atoms with Crippen LogP contribution in [-0.2, 0) is 9.59 Å². The molecule has 3 N–H and O–H groups in total. The number of hydrogen-bond acceptors (Lipinski definition) is 3. The number of rotatable bonds is 9. The molecule has 0 bridgehead atoms. The molecule has 8 unspecified atom stereocenters. The first kappa shape index (κ1) is 36.4. The summed E-state index contributed by atoms with van der Waals surface area (Å²) in [5.41, 5.74) is 1.20. The minimum Gasteiger partial charge on any atom is -0.481 e. The van der Waals surface area contributed by atoms with Crippen molar-refractivity contribution in [2.24, 2.45) is 51.2 Å². The minimum atomic E-state index is -0.695. The van der Waals surface area contributed by atoms with Gasteiger partial charge in [0, 0.05) is 20.1 Å². The lowest BCUT2D eigenvalue weighted by atomic mass is 9.33. The summed E-state index contributed by atoms with van der Waals surface area (Å²) in [6.45, 7) is 15.7. The van der Waals surface area contributed by atoms with Crippen molar-refractivity contribution < 1.29 is 19.8 Å². The summed E-state index contributed by atoms with van der Waals surface area (Å²) in [7, 11) is 1.00. The Kier molecular flexibility index (Phi) is 13.1. The second-order valence-corrected chi connectivity index (χ2v) is 16.1. The van der Waals surface area contributed by atoms with Gasteiger partial charge in [0.25, 0.3) is 0 Å². The molecule has 0 heterocycles. The quantitative estimate of drug-likeness (QED) is 0.229. The summed E-state index contributed by atoms with van der Waals surface area (Å²) in [5, 5.41) is 19.2. The van der Waals surface area contributed by atoms with Crippen molar-refractivity contribution in [3.8, 4) is 0 Å². The van der Waals surface area contributed by atoms with E-state index in [1.54, 1.807) is 0 Å². The highest BCUT2D eigenvalue weighted by Gasteiger charge is 2.69. The van der Waals surface area contributed by atoms with Gasteiger partial charge < -0.3 is 15.5 Å². The summed E-state index contributed by atoms with van der Waals surface area (Å²) < 4.78 is 0. The molecule has 5 nitrogen and oxygen atoms in total. The second-order valence-electron chi connectivity index (χ2n) is 16.1. The predicted molar refractivity (Wildman–Crippen MR) is 178 cm³/mol. The van der Waals surface area contributed by atoms with Gasteiger partial charge in [0.1, 0.15) is 0 Å². The van der Waals surface area contributed by atoms with Gasteiger partial charge in [0.2, 0.25) is 5.91 Å². The first-order valence-electron chi connectivity index (χ1n) is 18.4. The smallest absolute Gasteiger partial charge is 0.303 e. The number of carbonyl (C=O) groups excluding carboxylic acids is 1. The number of carboxylic acid groups (broad SMARTS) is 1. The van der Waals surface area contributed by atoms with Crippen LogP contribution in [0.25, 0.3) is 0 Å². The molecule has 5 aliphatic rings. The maximum Gasteiger partial charge on any atom is 0.303 e. The van der Waals surface area contributed by atoms with Crippen LogP contribution in [0.15, 0.2) is 0 Å². The number of aliphatic hydroxyl groups is 1. The van der Waals surface area contributed by atoms with Gasteiger partial charge in [-0.05, 0) is 116 Å². The van der Waals surface area contributed by atoms with E-state index in [-0.39, 0.29) is 11.8 Å². The van der Waals surface area contributed by atoms with Crippen LogP contribution in [0.4, 0.5) is 0 Å². The summed E-state index contributed by atoms with van der Waals surface area (Å²) in [6.07, 6.45) is 22.3. The zero-order chi connectivity index (χ0) is 31.9. The van der Waals surface area contributed by atoms with Crippen molar-refractivity contribution in [1.82, 2.24) is 5.32 Å². The molecule has 1 amide bonds. The summed E-state index contributed by atoms with van der Waals surface area (Å²) in [6, 6.07) is 0. The fourth-order valence-electron chi connectivity index (χ4n) is 12.0. The molecule has 5 saturated carbocycles. The van der Waals surface area contributed by atoms with Crippen molar-refractivity contribution in [1.29, 1.82) is 0 Å². The largest absolute Gasteiger partial charge is 0.481 e. The van der Waals surface area contributed by atoms with Gasteiger partial charge in [-0.25, -0.2) is 0 Å². The molecule has 43 heavy (non-hydrogen) atoms. The third-order valence-electron chi connectivity index (χ3n) is 14.1. The van der Waals surface area contributed by atoms with E-state index in [4.69, 9.17) is 10.2 Å². The highest BCUT2D eigenvalue weighted by atomic mass is 16.4. The predicted octanol–water partition coefficient (Wildman–Crippen LogP) is 9.41. The molecular formula is C38H69NO4. The first-order valence-corrected chi connectivity index (χ1v) is 18.4. The van der Waals surface area contributed by atoms with Crippen molar-refractivity contribution >= 4 is 11.9 Å². The highest BCUT2D eigenvalue weighted by molar-refractivity contribution is 5.83. The molecule has 5 fully saturated rings. The average molecular weight is 604 g/mol. The lowest BCUT2D eigenvalue weighted by Gasteiger charge is -2.71. The van der Waals surface area contributed by atoms with E-state index in [1.165, 1.54) is 70.6 Å². The Balaban J connectivity index is 0.000000953. The van der Waals surface area contributed by atoms with E-state index in [9.17, 15) is 9.59 Å². The van der Waals surface area contributed by atoms with E-state index in [0.717, 1.165) is 76.4 Å². The van der Waals surface area contributed by atoms with Crippen molar-refractivity contribution in [3.63, 3.8) is 0 Å². The van der Waals surface area contributed by atoms with Crippen LogP contribution in [0.2, 0.25) is 0 Å². The number of nitrogens with one attached hydrogen (secondary N) is 1. The number of hydrogen-bond donors (Lipinski definition) is 3. The van der Waals surface area contributed by atoms with E-state index >= 15 is 0 Å². The van der Waals surface area contributed by atoms with Gasteiger partial charge in [-0.15, -0.1) is 0 Å². The number of aliphatic carboxylic acids is 1. The fraction of sp³-hybridized carbons (Fsp3) is 0.947. The van der Waals surface area contributed by atoms with Gasteiger partial charge in [-0.2, -0.15) is 0 Å². The summed E-state index contributed by atoms with van der Waals surface area (Å²) in [5.74, 6) is 3.64. The number of carboxylic acids is 1. The van der Waals surface area contributed by atoms with E-state index < -0.39 is 5.97 Å². The molecule has 0 aromatic heterocycles. The van der Waals surface area contributed by atoms with Crippen LogP contribution in [-0.4, -0.2) is 35.7 Å². The molecule has 0 aromatic carbocycles. The van der Waals surface area contributed by atoms with Gasteiger partial charge in [0.15, 0.2) is 0 Å². The molecule has 0 spiro atoms. The topological polar surface area (TPSA) is 86.6 Å². The Morgan fingerprint density at radius 1 is 0.721 bits per heavy atom. The van der Waals surface area contributed by atoms with Crippen LogP contribution in [0, 0.1) is 51.2 Å². The lowest BCUT2D eigenvalue weighted by Crippen LogP contribution is -2.65. The molecule has 0 saturated heterocycles. The van der Waals surface area contributed by atoms with Crippen LogP contribution in [0.1, 0.15) is 164 Å². The van der Waals surface area contributed by atoms with Crippen LogP contribution >= 0.6 is 0 Å². The molecule has 5 rings (SSSR count). The van der Waals surface area contributed by atoms with Gasteiger partial charge in [-0.3, -0.25) is 9.59 Å². The number of fused-ring (bicyclic) bond motifs is 7. The second kappa shape index (κ2) is 15.5. The van der Waals surface area contributed by atoms with Crippen LogP contribution in [0.3, 0.4) is 0 Å². The number of carbonyl (C=O) groups is 2. The molecular weight excluding hydrogens is 534 g/mol. The molecule has 0 aliphatic heterocycles. The molecule has 0 aromatic rings. The molecule has 5 heteroatoms. The summed E-state index contributed by atoms with van der Waals surface area (Å²) >= 11 is 0. The Morgan fingerprint density at radius 2 is 1.37 bits per heavy atom. The number of aliphatic hydroxyl groups excluding tert-OH is 1. The van der Waals surface area contributed by atoms with E-state index in [0.29, 0.717) is 34.0 Å². The van der Waals surface area contributed by atoms with Crippen molar-refractivity contribution in [2.45, 2.75) is 164 Å². The Hall–Kier alpha value is -1.10. The number of unbranched alkanes of at least 4 members (excludes halogenated alkanes) is 4. The zero-order valence-electron chi connectivity index (χ0n) is 29.2.